The fourth-order valence-corrected chi connectivity index (χ4v) is 2.98. The molecule has 132 valence electrons. The highest BCUT2D eigenvalue weighted by molar-refractivity contribution is 7.11. The highest BCUT2D eigenvalue weighted by atomic mass is 32.1. The molecule has 4 nitrogen and oxygen atoms in total. The van der Waals surface area contributed by atoms with Crippen LogP contribution in [0.3, 0.4) is 0 Å². The fourth-order valence-electron chi connectivity index (χ4n) is 2.25. The lowest BCUT2D eigenvalue weighted by Gasteiger charge is -2.20. The van der Waals surface area contributed by atoms with Crippen LogP contribution in [0.2, 0.25) is 0 Å². The lowest BCUT2D eigenvalue weighted by atomic mass is 10.1. The third-order valence-electron chi connectivity index (χ3n) is 3.21. The van der Waals surface area contributed by atoms with E-state index in [1.54, 1.807) is 6.08 Å². The highest BCUT2D eigenvalue weighted by Gasteiger charge is 2.19. The largest absolute Gasteiger partial charge is 0.452 e. The molecule has 1 aromatic carbocycles. The molecule has 2 aromatic rings. The van der Waals surface area contributed by atoms with Gasteiger partial charge in [-0.05, 0) is 50.8 Å². The van der Waals surface area contributed by atoms with Gasteiger partial charge in [0.1, 0.15) is 0 Å². The molecule has 0 fully saturated rings. The molecule has 0 saturated carbocycles. The maximum absolute atomic E-state index is 12.5. The number of amides is 1. The van der Waals surface area contributed by atoms with E-state index in [-0.39, 0.29) is 18.1 Å². The summed E-state index contributed by atoms with van der Waals surface area (Å²) in [4.78, 5) is 25.2. The Morgan fingerprint density at radius 1 is 1.20 bits per heavy atom. The molecule has 5 heteroatoms. The summed E-state index contributed by atoms with van der Waals surface area (Å²) in [6, 6.07) is 11.6. The number of thiophene rings is 1. The first-order valence-electron chi connectivity index (χ1n) is 8.05. The molecule has 0 atom stereocenters. The molecule has 0 saturated heterocycles. The average molecular weight is 357 g/mol. The van der Waals surface area contributed by atoms with Crippen molar-refractivity contribution in [2.24, 2.45) is 0 Å². The minimum absolute atomic E-state index is 0.299. The predicted octanol–water partition coefficient (Wildman–Crippen LogP) is 4.06. The third-order valence-corrected chi connectivity index (χ3v) is 4.11. The molecular weight excluding hydrogens is 334 g/mol. The van der Waals surface area contributed by atoms with Crippen LogP contribution in [0.4, 0.5) is 0 Å². The van der Waals surface area contributed by atoms with Crippen molar-refractivity contribution in [3.63, 3.8) is 0 Å². The summed E-state index contributed by atoms with van der Waals surface area (Å²) in [5, 5.41) is 4.67. The third kappa shape index (κ3) is 6.19. The molecule has 0 unspecified atom stereocenters. The summed E-state index contributed by atoms with van der Waals surface area (Å²) < 4.78 is 5.23. The van der Waals surface area contributed by atoms with Gasteiger partial charge in [0.2, 0.25) is 0 Å². The number of rotatable bonds is 5. The van der Waals surface area contributed by atoms with Crippen LogP contribution < -0.4 is 5.32 Å². The van der Waals surface area contributed by atoms with Crippen molar-refractivity contribution in [3.05, 3.63) is 57.8 Å². The molecule has 0 aliphatic carbocycles. The number of carbonyl (C=O) groups is 2. The molecule has 25 heavy (non-hydrogen) atoms. The first-order chi connectivity index (χ1) is 11.7. The van der Waals surface area contributed by atoms with Crippen molar-refractivity contribution in [2.75, 3.05) is 6.61 Å². The summed E-state index contributed by atoms with van der Waals surface area (Å²) >= 11 is 1.46. The predicted molar refractivity (Wildman–Crippen MR) is 102 cm³/mol. The van der Waals surface area contributed by atoms with E-state index in [4.69, 9.17) is 4.74 Å². The molecule has 0 bridgehead atoms. The topological polar surface area (TPSA) is 55.4 Å². The number of ether oxygens (including phenoxy) is 1. The van der Waals surface area contributed by atoms with Gasteiger partial charge in [0.25, 0.3) is 5.91 Å². The lowest BCUT2D eigenvalue weighted by molar-refractivity contribution is -0.143. The molecular formula is C20H23NO3S. The van der Waals surface area contributed by atoms with Gasteiger partial charge in [-0.3, -0.25) is 4.79 Å². The Morgan fingerprint density at radius 3 is 2.56 bits per heavy atom. The molecule has 1 amide bonds. The number of carbonyl (C=O) groups excluding carboxylic acids is 2. The van der Waals surface area contributed by atoms with Crippen LogP contribution in [-0.4, -0.2) is 24.0 Å². The summed E-state index contributed by atoms with van der Waals surface area (Å²) in [5.41, 5.74) is 2.11. The van der Waals surface area contributed by atoms with Crippen LogP contribution >= 0.6 is 11.3 Å². The first kappa shape index (κ1) is 18.9. The number of aryl methyl sites for hydroxylation is 1. The van der Waals surface area contributed by atoms with Gasteiger partial charge in [0.05, 0.1) is 5.57 Å². The molecule has 0 spiro atoms. The van der Waals surface area contributed by atoms with Crippen molar-refractivity contribution < 1.29 is 14.3 Å². The van der Waals surface area contributed by atoms with Crippen LogP contribution in [-0.2, 0) is 14.3 Å². The van der Waals surface area contributed by atoms with Crippen molar-refractivity contribution >= 4 is 34.9 Å². The highest BCUT2D eigenvalue weighted by Crippen LogP contribution is 2.24. The van der Waals surface area contributed by atoms with Gasteiger partial charge in [0.15, 0.2) is 6.61 Å². The zero-order chi connectivity index (χ0) is 18.4. The van der Waals surface area contributed by atoms with E-state index in [9.17, 15) is 9.59 Å². The Morgan fingerprint density at radius 2 is 1.96 bits per heavy atom. The van der Waals surface area contributed by atoms with Crippen LogP contribution in [0, 0.1) is 6.92 Å². The summed E-state index contributed by atoms with van der Waals surface area (Å²) in [6.07, 6.45) is 1.79. The van der Waals surface area contributed by atoms with Crippen molar-refractivity contribution in [1.29, 1.82) is 0 Å². The van der Waals surface area contributed by atoms with Gasteiger partial charge in [-0.2, -0.15) is 0 Å². The Bertz CT molecular complexity index is 770. The SMILES string of the molecule is Cc1cccc(/C=C(/C(=O)OCC(=O)NC(C)(C)C)c2cccs2)c1. The smallest absolute Gasteiger partial charge is 0.340 e. The van der Waals surface area contributed by atoms with Crippen LogP contribution in [0.5, 0.6) is 0 Å². The molecule has 1 N–H and O–H groups in total. The minimum Gasteiger partial charge on any atom is -0.452 e. The van der Waals surface area contributed by atoms with Crippen LogP contribution in [0.15, 0.2) is 41.8 Å². The number of esters is 1. The van der Waals surface area contributed by atoms with Crippen molar-refractivity contribution in [3.8, 4) is 0 Å². The van der Waals surface area contributed by atoms with Gasteiger partial charge in [-0.1, -0.05) is 35.9 Å². The van der Waals surface area contributed by atoms with E-state index < -0.39 is 5.97 Å². The monoisotopic (exact) mass is 357 g/mol. The minimum atomic E-state index is -0.506. The Labute approximate surface area is 152 Å². The zero-order valence-electron chi connectivity index (χ0n) is 15.0. The van der Waals surface area contributed by atoms with E-state index in [2.05, 4.69) is 5.32 Å². The summed E-state index contributed by atoms with van der Waals surface area (Å²) in [6.45, 7) is 7.33. The molecule has 1 aromatic heterocycles. The van der Waals surface area contributed by atoms with E-state index in [0.29, 0.717) is 5.57 Å². The van der Waals surface area contributed by atoms with E-state index in [0.717, 1.165) is 16.0 Å². The number of benzene rings is 1. The van der Waals surface area contributed by atoms with E-state index in [1.807, 2.05) is 69.5 Å². The fraction of sp³-hybridized carbons (Fsp3) is 0.300. The standard InChI is InChI=1S/C20H23NO3S/c1-14-7-5-8-15(11-14)12-16(17-9-6-10-25-17)19(23)24-13-18(22)21-20(2,3)4/h5-12H,13H2,1-4H3,(H,21,22)/b16-12+. The maximum Gasteiger partial charge on any atom is 0.340 e. The van der Waals surface area contributed by atoms with Gasteiger partial charge < -0.3 is 10.1 Å². The molecule has 1 heterocycles. The summed E-state index contributed by atoms with van der Waals surface area (Å²) in [7, 11) is 0. The maximum atomic E-state index is 12.5. The second-order valence-electron chi connectivity index (χ2n) is 6.82. The van der Waals surface area contributed by atoms with Gasteiger partial charge >= 0.3 is 5.97 Å². The zero-order valence-corrected chi connectivity index (χ0v) is 15.8. The summed E-state index contributed by atoms with van der Waals surface area (Å²) in [5.74, 6) is -0.824. The second kappa shape index (κ2) is 8.12. The Balaban J connectivity index is 2.16. The number of nitrogens with one attached hydrogen (secondary N) is 1. The molecule has 0 aliphatic rings. The van der Waals surface area contributed by atoms with Crippen LogP contribution in [0.25, 0.3) is 11.6 Å². The van der Waals surface area contributed by atoms with Gasteiger partial charge in [-0.25, -0.2) is 4.79 Å². The average Bonchev–Trinajstić information content (AvgIpc) is 3.03. The number of hydrogen-bond acceptors (Lipinski definition) is 4. The molecule has 0 radical (unpaired) electrons. The van der Waals surface area contributed by atoms with E-state index in [1.165, 1.54) is 11.3 Å². The van der Waals surface area contributed by atoms with Crippen molar-refractivity contribution in [2.45, 2.75) is 33.2 Å². The van der Waals surface area contributed by atoms with E-state index >= 15 is 0 Å². The van der Waals surface area contributed by atoms with Crippen LogP contribution in [0.1, 0.15) is 36.8 Å². The van der Waals surface area contributed by atoms with Gasteiger partial charge in [0, 0.05) is 10.4 Å². The second-order valence-corrected chi connectivity index (χ2v) is 7.77. The Kier molecular flexibility index (Phi) is 6.15. The molecule has 0 aliphatic heterocycles. The van der Waals surface area contributed by atoms with Gasteiger partial charge in [-0.15, -0.1) is 11.3 Å². The van der Waals surface area contributed by atoms with Crippen molar-refractivity contribution in [1.82, 2.24) is 5.32 Å². The normalized spacial score (nSPS) is 11.9. The number of hydrogen-bond donors (Lipinski definition) is 1. The Hall–Kier alpha value is -2.40. The molecule has 2 rings (SSSR count). The quantitative estimate of drug-likeness (QED) is 0.649. The lowest BCUT2D eigenvalue weighted by Crippen LogP contribution is -2.42. The first-order valence-corrected chi connectivity index (χ1v) is 8.93.